The third-order valence-corrected chi connectivity index (χ3v) is 9.33. The van der Waals surface area contributed by atoms with Crippen LogP contribution in [0.2, 0.25) is 0 Å². The van der Waals surface area contributed by atoms with Crippen molar-refractivity contribution >= 4 is 0 Å². The normalized spacial score (nSPS) is 9.81. The van der Waals surface area contributed by atoms with Gasteiger partial charge in [-0.3, -0.25) is 0 Å². The van der Waals surface area contributed by atoms with Crippen molar-refractivity contribution in [2.75, 3.05) is 0 Å². The zero-order valence-electron chi connectivity index (χ0n) is 32.1. The second kappa shape index (κ2) is 17.8. The quantitative estimate of drug-likeness (QED) is 0.138. The summed E-state index contributed by atoms with van der Waals surface area (Å²) in [6.07, 6.45) is 0. The van der Waals surface area contributed by atoms with E-state index in [1.165, 1.54) is 51.1 Å². The maximum Gasteiger partial charge on any atom is 0.140 e. The summed E-state index contributed by atoms with van der Waals surface area (Å²) in [4.78, 5) is 0. The summed E-state index contributed by atoms with van der Waals surface area (Å²) in [6.45, 7) is 16.4. The van der Waals surface area contributed by atoms with Crippen LogP contribution < -0.4 is 0 Å². The molecule has 0 fully saturated rings. The second-order valence-corrected chi connectivity index (χ2v) is 13.6. The number of rotatable bonds is 0. The Hall–Kier alpha value is -6.58. The largest absolute Gasteiger partial charge is 0.207 e. The first-order valence-electron chi connectivity index (χ1n) is 17.8. The summed E-state index contributed by atoms with van der Waals surface area (Å²) in [5.74, 6) is 24.0. The van der Waals surface area contributed by atoms with E-state index < -0.39 is 0 Å². The van der Waals surface area contributed by atoms with Gasteiger partial charge in [0.05, 0.1) is 5.56 Å². The Labute approximate surface area is 320 Å². The average Bonchev–Trinajstić information content (AvgIpc) is 3.15. The van der Waals surface area contributed by atoms with E-state index in [9.17, 15) is 8.78 Å². The Bertz CT molecular complexity index is 2540. The molecule has 0 radical (unpaired) electrons. The first-order valence-corrected chi connectivity index (χ1v) is 17.8. The minimum absolute atomic E-state index is 0.228. The highest BCUT2D eigenvalue weighted by molar-refractivity contribution is 5.52. The molecule has 6 rings (SSSR count). The van der Waals surface area contributed by atoms with Crippen molar-refractivity contribution in [2.45, 2.75) is 55.4 Å². The van der Waals surface area contributed by atoms with Gasteiger partial charge >= 0.3 is 0 Å². The highest BCUT2D eigenvalue weighted by Gasteiger charge is 2.02. The molecule has 0 amide bonds. The highest BCUT2D eigenvalue weighted by atomic mass is 19.1. The van der Waals surface area contributed by atoms with Gasteiger partial charge in [-0.25, -0.2) is 8.78 Å². The number of hydrogen-bond acceptors (Lipinski definition) is 0. The van der Waals surface area contributed by atoms with Gasteiger partial charge in [-0.2, -0.15) is 0 Å². The molecule has 0 saturated carbocycles. The lowest BCUT2D eigenvalue weighted by atomic mass is 10.0. The summed E-state index contributed by atoms with van der Waals surface area (Å²) in [6, 6.07) is 34.0. The fraction of sp³-hybridized carbons (Fsp3) is 0.154. The molecule has 0 bridgehead atoms. The molecule has 2 heteroatoms. The molecule has 0 aromatic heterocycles. The molecular weight excluding hydrogens is 663 g/mol. The molecule has 0 aliphatic heterocycles. The zero-order chi connectivity index (χ0) is 38.8. The maximum absolute atomic E-state index is 14.4. The van der Waals surface area contributed by atoms with Crippen LogP contribution in [-0.2, 0) is 0 Å². The van der Waals surface area contributed by atoms with E-state index in [0.717, 1.165) is 27.8 Å². The molecule has 0 aliphatic rings. The Morgan fingerprint density at radius 1 is 0.296 bits per heavy atom. The number of hydrogen-bond donors (Lipinski definition) is 0. The van der Waals surface area contributed by atoms with E-state index in [2.05, 4.69) is 113 Å². The molecule has 0 N–H and O–H groups in total. The predicted molar refractivity (Wildman–Crippen MR) is 220 cm³/mol. The van der Waals surface area contributed by atoms with Crippen molar-refractivity contribution in [1.82, 2.24) is 0 Å². The Kier molecular flexibility index (Phi) is 12.7. The van der Waals surface area contributed by atoms with Gasteiger partial charge in [0.15, 0.2) is 0 Å². The van der Waals surface area contributed by atoms with Crippen molar-refractivity contribution in [1.29, 1.82) is 0 Å². The van der Waals surface area contributed by atoms with Gasteiger partial charge in [0.2, 0.25) is 0 Å². The van der Waals surface area contributed by atoms with Gasteiger partial charge in [0.1, 0.15) is 11.6 Å². The van der Waals surface area contributed by atoms with E-state index in [4.69, 9.17) is 0 Å². The summed E-state index contributed by atoms with van der Waals surface area (Å²) in [5.41, 5.74) is 15.7. The minimum Gasteiger partial charge on any atom is -0.207 e. The van der Waals surface area contributed by atoms with E-state index in [1.54, 1.807) is 19.1 Å². The lowest BCUT2D eigenvalue weighted by Gasteiger charge is -2.04. The van der Waals surface area contributed by atoms with Crippen LogP contribution >= 0.6 is 0 Å². The summed E-state index contributed by atoms with van der Waals surface area (Å²) in [7, 11) is 0. The van der Waals surface area contributed by atoms with E-state index in [-0.39, 0.29) is 11.6 Å². The lowest BCUT2D eigenvalue weighted by molar-refractivity contribution is 0.618. The van der Waals surface area contributed by atoms with Crippen molar-refractivity contribution in [3.05, 3.63) is 210 Å². The molecule has 0 aliphatic carbocycles. The van der Waals surface area contributed by atoms with Crippen molar-refractivity contribution < 1.29 is 8.78 Å². The standard InChI is InChI=1S/2C26H21F/c1-18-5-7-22(8-6-18)11-13-25-14-12-23(17-26(25)27)9-10-24-15-19(2)21(4)20(3)16-24;1-18-5-6-24(17-26(18)27)13-11-22-7-9-23(10-8-22)12-14-25-15-19(2)21(4)20(3)16-25/h5-8,12,14-17H,1-4H3;5-10,15-17H,1-4H3. The summed E-state index contributed by atoms with van der Waals surface area (Å²) >= 11 is 0. The zero-order valence-corrected chi connectivity index (χ0v) is 32.1. The molecule has 0 unspecified atom stereocenters. The highest BCUT2D eigenvalue weighted by Crippen LogP contribution is 2.17. The molecule has 0 spiro atoms. The monoisotopic (exact) mass is 704 g/mol. The number of aryl methyl sites for hydroxylation is 6. The van der Waals surface area contributed by atoms with Crippen molar-refractivity contribution in [3.8, 4) is 47.4 Å². The van der Waals surface area contributed by atoms with E-state index >= 15 is 0 Å². The molecule has 0 nitrogen and oxygen atoms in total. The van der Waals surface area contributed by atoms with Gasteiger partial charge in [-0.15, -0.1) is 0 Å². The average molecular weight is 705 g/mol. The second-order valence-electron chi connectivity index (χ2n) is 13.6. The van der Waals surface area contributed by atoms with Crippen LogP contribution in [0.5, 0.6) is 0 Å². The molecule has 54 heavy (non-hydrogen) atoms. The van der Waals surface area contributed by atoms with Crippen molar-refractivity contribution in [3.63, 3.8) is 0 Å². The SMILES string of the molecule is Cc1ccc(C#Cc2ccc(C#Cc3cc(C)c(C)c(C)c3)cc2)cc1F.Cc1ccc(C#Cc2ccc(C#Cc3cc(C)c(C)c(C)c3)cc2F)cc1. The van der Waals surface area contributed by atoms with Crippen LogP contribution in [0, 0.1) is 114 Å². The summed E-state index contributed by atoms with van der Waals surface area (Å²) in [5, 5.41) is 0. The Morgan fingerprint density at radius 3 is 1.06 bits per heavy atom. The Morgan fingerprint density at radius 2 is 0.630 bits per heavy atom. The predicted octanol–water partition coefficient (Wildman–Crippen LogP) is 11.7. The third kappa shape index (κ3) is 10.7. The molecule has 6 aromatic rings. The van der Waals surface area contributed by atoms with Gasteiger partial charge < -0.3 is 0 Å². The first-order chi connectivity index (χ1) is 25.8. The fourth-order valence-corrected chi connectivity index (χ4v) is 5.43. The molecule has 0 heterocycles. The molecule has 264 valence electrons. The maximum atomic E-state index is 14.4. The van der Waals surface area contributed by atoms with E-state index in [0.29, 0.717) is 22.3 Å². The molecule has 0 saturated heterocycles. The van der Waals surface area contributed by atoms with Crippen LogP contribution in [0.3, 0.4) is 0 Å². The van der Waals surface area contributed by atoms with E-state index in [1.807, 2.05) is 67.6 Å². The topological polar surface area (TPSA) is 0 Å². The molecule has 0 atom stereocenters. The van der Waals surface area contributed by atoms with Crippen LogP contribution in [0.15, 0.2) is 109 Å². The van der Waals surface area contributed by atoms with Crippen LogP contribution in [0.25, 0.3) is 0 Å². The Balaban J connectivity index is 0.000000208. The van der Waals surface area contributed by atoms with Crippen LogP contribution in [0.1, 0.15) is 89.0 Å². The van der Waals surface area contributed by atoms with Gasteiger partial charge in [0, 0.05) is 38.9 Å². The van der Waals surface area contributed by atoms with Crippen LogP contribution in [-0.4, -0.2) is 0 Å². The lowest BCUT2D eigenvalue weighted by Crippen LogP contribution is -1.89. The fourth-order valence-electron chi connectivity index (χ4n) is 5.43. The van der Waals surface area contributed by atoms with Crippen LogP contribution in [0.4, 0.5) is 8.78 Å². The van der Waals surface area contributed by atoms with Gasteiger partial charge in [-0.05, 0) is 185 Å². The van der Waals surface area contributed by atoms with Gasteiger partial charge in [-0.1, -0.05) is 71.1 Å². The number of halogens is 2. The summed E-state index contributed by atoms with van der Waals surface area (Å²) < 4.78 is 27.9. The smallest absolute Gasteiger partial charge is 0.140 e. The molecule has 6 aromatic carbocycles. The third-order valence-electron chi connectivity index (χ3n) is 9.33. The van der Waals surface area contributed by atoms with Gasteiger partial charge in [0.25, 0.3) is 0 Å². The molecular formula is C52H42F2. The van der Waals surface area contributed by atoms with Crippen molar-refractivity contribution in [2.24, 2.45) is 0 Å². The number of benzene rings is 6. The first kappa shape index (κ1) is 38.6. The minimum atomic E-state index is -0.349.